The van der Waals surface area contributed by atoms with E-state index < -0.39 is 0 Å². The first-order valence-corrected chi connectivity index (χ1v) is 6.34. The number of nitrogens with one attached hydrogen (secondary N) is 2. The van der Waals surface area contributed by atoms with Gasteiger partial charge in [-0.1, -0.05) is 12.2 Å². The molecule has 2 amide bonds. The van der Waals surface area contributed by atoms with Crippen LogP contribution in [0.2, 0.25) is 0 Å². The Balaban J connectivity index is 2.01. The lowest BCUT2D eigenvalue weighted by molar-refractivity contribution is 0.262. The predicted octanol–water partition coefficient (Wildman–Crippen LogP) is 3.31. The largest absolute Gasteiger partial charge is 0.331 e. The van der Waals surface area contributed by atoms with Gasteiger partial charge in [-0.15, -0.1) is 13.2 Å². The molecule has 0 bridgehead atoms. The molecule has 0 saturated carbocycles. The van der Waals surface area contributed by atoms with Crippen molar-refractivity contribution < 1.29 is 4.79 Å². The number of hydrogen-bond acceptors (Lipinski definition) is 1. The topological polar surface area (TPSA) is 51.0 Å². The van der Waals surface area contributed by atoms with Crippen molar-refractivity contribution in [1.82, 2.24) is 9.13 Å². The van der Waals surface area contributed by atoms with Crippen LogP contribution in [0.5, 0.6) is 0 Å². The van der Waals surface area contributed by atoms with Crippen LogP contribution in [0.15, 0.2) is 62.0 Å². The number of amides is 2. The highest BCUT2D eigenvalue weighted by Gasteiger charge is 2.07. The van der Waals surface area contributed by atoms with E-state index in [0.29, 0.717) is 13.1 Å². The molecule has 0 aliphatic carbocycles. The van der Waals surface area contributed by atoms with Gasteiger partial charge in [0.1, 0.15) is 11.6 Å². The molecule has 2 rings (SSSR count). The Morgan fingerprint density at radius 3 is 1.85 bits per heavy atom. The molecular formula is C15H18N4O. The zero-order valence-electron chi connectivity index (χ0n) is 11.2. The number of rotatable bonds is 6. The maximum absolute atomic E-state index is 12.0. The molecule has 0 saturated heterocycles. The summed E-state index contributed by atoms with van der Waals surface area (Å²) < 4.78 is 3.80. The van der Waals surface area contributed by atoms with Crippen LogP contribution in [0.4, 0.5) is 16.4 Å². The molecule has 0 atom stereocenters. The molecule has 104 valence electrons. The average molecular weight is 270 g/mol. The van der Waals surface area contributed by atoms with E-state index in [1.807, 2.05) is 45.8 Å². The number of carbonyl (C=O) groups excluding carboxylic acids is 1. The standard InChI is InChI=1S/C15H18N4O/c1-3-9-18-11-5-7-13(18)16-15(20)17-14-8-6-12-19(14)10-4-2/h3-8,11-12H,1-2,9-10H2,(H2,16,17,20). The highest BCUT2D eigenvalue weighted by atomic mass is 16.2. The third-order valence-corrected chi connectivity index (χ3v) is 2.79. The highest BCUT2D eigenvalue weighted by Crippen LogP contribution is 2.12. The van der Waals surface area contributed by atoms with Gasteiger partial charge >= 0.3 is 6.03 Å². The van der Waals surface area contributed by atoms with Gasteiger partial charge in [-0.05, 0) is 24.3 Å². The van der Waals surface area contributed by atoms with Gasteiger partial charge in [0.2, 0.25) is 0 Å². The predicted molar refractivity (Wildman–Crippen MR) is 81.9 cm³/mol. The van der Waals surface area contributed by atoms with Crippen LogP contribution in [0.1, 0.15) is 0 Å². The zero-order chi connectivity index (χ0) is 14.4. The van der Waals surface area contributed by atoms with Crippen LogP contribution < -0.4 is 10.6 Å². The number of nitrogens with zero attached hydrogens (tertiary/aromatic N) is 2. The summed E-state index contributed by atoms with van der Waals surface area (Å²) in [6.45, 7) is 8.67. The van der Waals surface area contributed by atoms with E-state index in [2.05, 4.69) is 23.8 Å². The van der Waals surface area contributed by atoms with Crippen molar-refractivity contribution in [1.29, 1.82) is 0 Å². The van der Waals surface area contributed by atoms with Gasteiger partial charge in [0.05, 0.1) is 0 Å². The lowest BCUT2D eigenvalue weighted by atomic mass is 10.5. The third kappa shape index (κ3) is 3.20. The first kappa shape index (κ1) is 13.7. The van der Waals surface area contributed by atoms with Gasteiger partial charge in [-0.3, -0.25) is 10.6 Å². The van der Waals surface area contributed by atoms with Crippen molar-refractivity contribution in [2.45, 2.75) is 13.1 Å². The molecule has 0 unspecified atom stereocenters. The maximum atomic E-state index is 12.0. The van der Waals surface area contributed by atoms with Gasteiger partial charge in [0, 0.05) is 25.5 Å². The second-order valence-corrected chi connectivity index (χ2v) is 4.25. The van der Waals surface area contributed by atoms with E-state index >= 15 is 0 Å². The molecule has 0 spiro atoms. The maximum Gasteiger partial charge on any atom is 0.325 e. The van der Waals surface area contributed by atoms with Crippen LogP contribution in [0, 0.1) is 0 Å². The summed E-state index contributed by atoms with van der Waals surface area (Å²) in [6, 6.07) is 7.15. The van der Waals surface area contributed by atoms with Crippen molar-refractivity contribution in [3.8, 4) is 0 Å². The fourth-order valence-electron chi connectivity index (χ4n) is 1.92. The molecule has 2 heterocycles. The molecule has 0 aromatic carbocycles. The molecule has 5 heteroatoms. The minimum Gasteiger partial charge on any atom is -0.331 e. The summed E-state index contributed by atoms with van der Waals surface area (Å²) in [7, 11) is 0. The first-order valence-electron chi connectivity index (χ1n) is 6.34. The molecule has 20 heavy (non-hydrogen) atoms. The van der Waals surface area contributed by atoms with Crippen LogP contribution in [0.3, 0.4) is 0 Å². The summed E-state index contributed by atoms with van der Waals surface area (Å²) in [5.74, 6) is 1.45. The number of urea groups is 1. The van der Waals surface area contributed by atoms with Crippen LogP contribution in [-0.2, 0) is 13.1 Å². The van der Waals surface area contributed by atoms with E-state index in [1.165, 1.54) is 0 Å². The summed E-state index contributed by atoms with van der Waals surface area (Å²) in [5.41, 5.74) is 0. The van der Waals surface area contributed by atoms with Crippen LogP contribution in [-0.4, -0.2) is 15.2 Å². The Bertz CT molecular complexity index is 557. The molecular weight excluding hydrogens is 252 g/mol. The normalized spacial score (nSPS) is 10.0. The minimum atomic E-state index is -0.280. The Morgan fingerprint density at radius 2 is 1.45 bits per heavy atom. The molecule has 0 radical (unpaired) electrons. The number of hydrogen-bond donors (Lipinski definition) is 2. The summed E-state index contributed by atoms with van der Waals surface area (Å²) >= 11 is 0. The van der Waals surface area contributed by atoms with Gasteiger partial charge in [-0.2, -0.15) is 0 Å². The van der Waals surface area contributed by atoms with Gasteiger partial charge in [-0.25, -0.2) is 4.79 Å². The van der Waals surface area contributed by atoms with E-state index in [4.69, 9.17) is 0 Å². The molecule has 0 aliphatic heterocycles. The molecule has 2 aromatic heterocycles. The smallest absolute Gasteiger partial charge is 0.325 e. The van der Waals surface area contributed by atoms with Crippen molar-refractivity contribution in [2.75, 3.05) is 10.6 Å². The SMILES string of the molecule is C=CCn1cccc1NC(=O)Nc1cccn1CC=C. The summed E-state index contributed by atoms with van der Waals surface area (Å²) in [5, 5.41) is 5.62. The molecule has 0 fully saturated rings. The Labute approximate surface area is 118 Å². The Kier molecular flexibility index (Phi) is 4.44. The quantitative estimate of drug-likeness (QED) is 0.777. The Hall–Kier alpha value is -2.69. The van der Waals surface area contributed by atoms with Crippen LogP contribution >= 0.6 is 0 Å². The fraction of sp³-hybridized carbons (Fsp3) is 0.133. The van der Waals surface area contributed by atoms with E-state index in [9.17, 15) is 4.79 Å². The average Bonchev–Trinajstić information content (AvgIpc) is 3.02. The van der Waals surface area contributed by atoms with Gasteiger partial charge in [0.15, 0.2) is 0 Å². The fourth-order valence-corrected chi connectivity index (χ4v) is 1.92. The number of anilines is 2. The highest BCUT2D eigenvalue weighted by molar-refractivity contribution is 5.98. The van der Waals surface area contributed by atoms with Crippen LogP contribution in [0.25, 0.3) is 0 Å². The lowest BCUT2D eigenvalue weighted by Gasteiger charge is -2.11. The lowest BCUT2D eigenvalue weighted by Crippen LogP contribution is -2.22. The van der Waals surface area contributed by atoms with E-state index in [1.54, 1.807) is 12.2 Å². The van der Waals surface area contributed by atoms with Crippen molar-refractivity contribution in [3.63, 3.8) is 0 Å². The summed E-state index contributed by atoms with van der Waals surface area (Å²) in [6.07, 6.45) is 7.33. The minimum absolute atomic E-state index is 0.280. The number of allylic oxidation sites excluding steroid dienone is 2. The first-order chi connectivity index (χ1) is 9.74. The molecule has 5 nitrogen and oxygen atoms in total. The molecule has 0 aliphatic rings. The second kappa shape index (κ2) is 6.47. The molecule has 2 N–H and O–H groups in total. The summed E-state index contributed by atoms with van der Waals surface area (Å²) in [4.78, 5) is 12.0. The third-order valence-electron chi connectivity index (χ3n) is 2.79. The monoisotopic (exact) mass is 270 g/mol. The van der Waals surface area contributed by atoms with E-state index in [-0.39, 0.29) is 6.03 Å². The van der Waals surface area contributed by atoms with Gasteiger partial charge < -0.3 is 9.13 Å². The zero-order valence-corrected chi connectivity index (χ0v) is 11.2. The molecule has 2 aromatic rings. The van der Waals surface area contributed by atoms with Gasteiger partial charge in [0.25, 0.3) is 0 Å². The number of carbonyl (C=O) groups is 1. The van der Waals surface area contributed by atoms with Crippen molar-refractivity contribution in [2.24, 2.45) is 0 Å². The Morgan fingerprint density at radius 1 is 1.00 bits per heavy atom. The van der Waals surface area contributed by atoms with Crippen molar-refractivity contribution >= 4 is 17.7 Å². The van der Waals surface area contributed by atoms with Crippen molar-refractivity contribution in [3.05, 3.63) is 62.0 Å². The number of aromatic nitrogens is 2. The second-order valence-electron chi connectivity index (χ2n) is 4.25. The van der Waals surface area contributed by atoms with E-state index in [0.717, 1.165) is 11.6 Å².